The van der Waals surface area contributed by atoms with Crippen LogP contribution in [0.1, 0.15) is 41.5 Å². The number of anilines is 1. The molecule has 0 fully saturated rings. The number of ether oxygens (including phenoxy) is 3. The average molecular weight is 512 g/mol. The minimum Gasteiger partial charge on any atom is -0.496 e. The molecule has 0 atom stereocenters. The standard InChI is InChI=1S/C22H23Cl2N3O7/c1-22(2,3)34-21(31)26-27(12-9-10-13(19(29)33-5)16(11-12)32-4)20(30)25-18(28)17-14(23)7-6-8-15(17)24/h6-11H,1-5H3,(H,26,31)(H,25,28,30). The van der Waals surface area contributed by atoms with Gasteiger partial charge >= 0.3 is 18.1 Å². The van der Waals surface area contributed by atoms with Crippen molar-refractivity contribution in [2.75, 3.05) is 19.2 Å². The van der Waals surface area contributed by atoms with Gasteiger partial charge in [-0.1, -0.05) is 29.3 Å². The van der Waals surface area contributed by atoms with Crippen molar-refractivity contribution in [3.63, 3.8) is 0 Å². The maximum atomic E-state index is 13.0. The van der Waals surface area contributed by atoms with Gasteiger partial charge in [0.2, 0.25) is 0 Å². The van der Waals surface area contributed by atoms with E-state index < -0.39 is 29.6 Å². The highest BCUT2D eigenvalue weighted by Crippen LogP contribution is 2.27. The van der Waals surface area contributed by atoms with E-state index in [1.54, 1.807) is 20.8 Å². The van der Waals surface area contributed by atoms with Crippen LogP contribution in [-0.4, -0.2) is 43.8 Å². The summed E-state index contributed by atoms with van der Waals surface area (Å²) in [5.74, 6) is -1.54. The summed E-state index contributed by atoms with van der Waals surface area (Å²) in [5, 5.41) is 2.86. The third-order valence-electron chi connectivity index (χ3n) is 4.06. The zero-order valence-electron chi connectivity index (χ0n) is 19.0. The Morgan fingerprint density at radius 3 is 2.12 bits per heavy atom. The lowest BCUT2D eigenvalue weighted by atomic mass is 10.1. The Kier molecular flexibility index (Phi) is 8.72. The molecule has 2 aromatic carbocycles. The second-order valence-electron chi connectivity index (χ2n) is 7.68. The molecule has 10 nitrogen and oxygen atoms in total. The van der Waals surface area contributed by atoms with Gasteiger partial charge in [-0.2, -0.15) is 5.01 Å². The molecule has 0 saturated carbocycles. The maximum absolute atomic E-state index is 13.0. The predicted molar refractivity (Wildman–Crippen MR) is 126 cm³/mol. The number of esters is 1. The van der Waals surface area contributed by atoms with Crippen LogP contribution in [0.5, 0.6) is 5.75 Å². The van der Waals surface area contributed by atoms with Crippen molar-refractivity contribution in [2.45, 2.75) is 26.4 Å². The largest absolute Gasteiger partial charge is 0.496 e. The molecule has 0 aliphatic rings. The highest BCUT2D eigenvalue weighted by molar-refractivity contribution is 6.40. The number of rotatable bonds is 4. The Morgan fingerprint density at radius 2 is 1.59 bits per heavy atom. The molecule has 2 N–H and O–H groups in total. The van der Waals surface area contributed by atoms with Gasteiger partial charge in [0, 0.05) is 6.07 Å². The quantitative estimate of drug-likeness (QED) is 0.454. The summed E-state index contributed by atoms with van der Waals surface area (Å²) in [6.07, 6.45) is -0.984. The van der Waals surface area contributed by atoms with Gasteiger partial charge < -0.3 is 14.2 Å². The first kappa shape index (κ1) is 26.7. The number of urea groups is 1. The fraction of sp³-hybridized carbons (Fsp3) is 0.273. The number of nitrogens with zero attached hydrogens (tertiary/aromatic N) is 1. The van der Waals surface area contributed by atoms with Crippen molar-refractivity contribution < 1.29 is 33.4 Å². The van der Waals surface area contributed by atoms with Crippen molar-refractivity contribution in [2.24, 2.45) is 0 Å². The summed E-state index contributed by atoms with van der Waals surface area (Å²) in [4.78, 5) is 50.1. The van der Waals surface area contributed by atoms with Crippen molar-refractivity contribution in [1.82, 2.24) is 10.7 Å². The Bertz CT molecular complexity index is 1100. The number of carbonyl (C=O) groups excluding carboxylic acids is 4. The first-order valence-corrected chi connectivity index (χ1v) is 10.5. The minimum atomic E-state index is -1.07. The van der Waals surface area contributed by atoms with E-state index in [0.29, 0.717) is 5.01 Å². The van der Waals surface area contributed by atoms with Crippen LogP contribution in [0.4, 0.5) is 15.3 Å². The minimum absolute atomic E-state index is 0.0218. The van der Waals surface area contributed by atoms with Gasteiger partial charge in [0.15, 0.2) is 0 Å². The van der Waals surface area contributed by atoms with Crippen LogP contribution in [0.25, 0.3) is 0 Å². The molecule has 2 rings (SSSR count). The molecular formula is C22H23Cl2N3O7. The van der Waals surface area contributed by atoms with Crippen molar-refractivity contribution in [3.8, 4) is 5.75 Å². The predicted octanol–water partition coefficient (Wildman–Crippen LogP) is 4.58. The number of hydrogen-bond donors (Lipinski definition) is 2. The molecular weight excluding hydrogens is 489 g/mol. The lowest BCUT2D eigenvalue weighted by molar-refractivity contribution is 0.0521. The van der Waals surface area contributed by atoms with Crippen molar-refractivity contribution >= 4 is 52.9 Å². The first-order chi connectivity index (χ1) is 15.9. The topological polar surface area (TPSA) is 123 Å². The second-order valence-corrected chi connectivity index (χ2v) is 8.50. The molecule has 0 saturated heterocycles. The van der Waals surface area contributed by atoms with E-state index in [1.165, 1.54) is 50.6 Å². The normalized spacial score (nSPS) is 10.7. The van der Waals surface area contributed by atoms with Crippen LogP contribution in [0.3, 0.4) is 0 Å². The third-order valence-corrected chi connectivity index (χ3v) is 4.69. The molecule has 0 radical (unpaired) electrons. The summed E-state index contributed by atoms with van der Waals surface area (Å²) < 4.78 is 15.1. The molecule has 0 aliphatic heterocycles. The monoisotopic (exact) mass is 511 g/mol. The number of carbonyl (C=O) groups is 4. The van der Waals surface area contributed by atoms with E-state index in [0.717, 1.165) is 0 Å². The fourth-order valence-corrected chi connectivity index (χ4v) is 3.22. The van der Waals surface area contributed by atoms with Crippen LogP contribution in [-0.2, 0) is 9.47 Å². The number of amides is 4. The Hall–Kier alpha value is -3.50. The highest BCUT2D eigenvalue weighted by atomic mass is 35.5. The molecule has 182 valence electrons. The average Bonchev–Trinajstić information content (AvgIpc) is 2.75. The molecule has 0 unspecified atom stereocenters. The summed E-state index contributed by atoms with van der Waals surface area (Å²) >= 11 is 12.1. The molecule has 4 amide bonds. The number of methoxy groups -OCH3 is 2. The number of benzene rings is 2. The Balaban J connectivity index is 2.43. The number of halogens is 2. The molecule has 0 bridgehead atoms. The van der Waals surface area contributed by atoms with Gasteiger partial charge in [0.25, 0.3) is 5.91 Å². The number of imide groups is 1. The zero-order chi connectivity index (χ0) is 25.6. The van der Waals surface area contributed by atoms with Crippen LogP contribution >= 0.6 is 23.2 Å². The van der Waals surface area contributed by atoms with Crippen molar-refractivity contribution in [3.05, 3.63) is 57.6 Å². The Labute approximate surface area is 206 Å². The first-order valence-electron chi connectivity index (χ1n) is 9.73. The van der Waals surface area contributed by atoms with E-state index in [2.05, 4.69) is 10.7 Å². The lowest BCUT2D eigenvalue weighted by Gasteiger charge is -2.26. The fourth-order valence-electron chi connectivity index (χ4n) is 2.65. The van der Waals surface area contributed by atoms with E-state index in [-0.39, 0.29) is 32.6 Å². The molecule has 2 aromatic rings. The highest BCUT2D eigenvalue weighted by Gasteiger charge is 2.27. The zero-order valence-corrected chi connectivity index (χ0v) is 20.5. The smallest absolute Gasteiger partial charge is 0.427 e. The van der Waals surface area contributed by atoms with Gasteiger partial charge in [-0.05, 0) is 45.0 Å². The second kappa shape index (κ2) is 11.1. The van der Waals surface area contributed by atoms with Gasteiger partial charge in [-0.3, -0.25) is 10.1 Å². The van der Waals surface area contributed by atoms with Gasteiger partial charge in [0.1, 0.15) is 16.9 Å². The van der Waals surface area contributed by atoms with E-state index in [4.69, 9.17) is 37.4 Å². The van der Waals surface area contributed by atoms with Crippen LogP contribution in [0.15, 0.2) is 36.4 Å². The molecule has 0 heterocycles. The van der Waals surface area contributed by atoms with E-state index in [1.807, 2.05) is 0 Å². The summed E-state index contributed by atoms with van der Waals surface area (Å²) in [6, 6.07) is 7.27. The van der Waals surface area contributed by atoms with E-state index >= 15 is 0 Å². The molecule has 0 aliphatic carbocycles. The number of hydrogen-bond acceptors (Lipinski definition) is 7. The van der Waals surface area contributed by atoms with Crippen LogP contribution in [0, 0.1) is 0 Å². The molecule has 34 heavy (non-hydrogen) atoms. The van der Waals surface area contributed by atoms with Crippen molar-refractivity contribution in [1.29, 1.82) is 0 Å². The summed E-state index contributed by atoms with van der Waals surface area (Å²) in [7, 11) is 2.51. The third kappa shape index (κ3) is 6.75. The maximum Gasteiger partial charge on any atom is 0.427 e. The van der Waals surface area contributed by atoms with Crippen LogP contribution < -0.4 is 20.5 Å². The molecule has 12 heteroatoms. The molecule has 0 spiro atoms. The van der Waals surface area contributed by atoms with Gasteiger partial charge in [0.05, 0.1) is 35.5 Å². The van der Waals surface area contributed by atoms with Crippen LogP contribution in [0.2, 0.25) is 10.0 Å². The van der Waals surface area contributed by atoms with Gasteiger partial charge in [-0.25, -0.2) is 19.8 Å². The number of hydrazine groups is 1. The lowest BCUT2D eigenvalue weighted by Crippen LogP contribution is -2.53. The van der Waals surface area contributed by atoms with Gasteiger partial charge in [-0.15, -0.1) is 0 Å². The molecule has 0 aromatic heterocycles. The van der Waals surface area contributed by atoms with E-state index in [9.17, 15) is 19.2 Å². The summed E-state index contributed by atoms with van der Waals surface area (Å²) in [5.41, 5.74) is 1.36. The Morgan fingerprint density at radius 1 is 0.971 bits per heavy atom. The number of nitrogens with one attached hydrogen (secondary N) is 2. The SMILES string of the molecule is COC(=O)c1ccc(N(NC(=O)OC(C)(C)C)C(=O)NC(=O)c2c(Cl)cccc2Cl)cc1OC. The summed E-state index contributed by atoms with van der Waals surface area (Å²) in [6.45, 7) is 4.90.